The van der Waals surface area contributed by atoms with E-state index in [0.717, 1.165) is 6.07 Å². The van der Waals surface area contributed by atoms with E-state index in [2.05, 4.69) is 10.3 Å². The van der Waals surface area contributed by atoms with E-state index in [-0.39, 0.29) is 24.2 Å². The van der Waals surface area contributed by atoms with Gasteiger partial charge in [-0.25, -0.2) is 14.6 Å². The Morgan fingerprint density at radius 1 is 1.18 bits per heavy atom. The zero-order chi connectivity index (χ0) is 28.4. The lowest BCUT2D eigenvalue weighted by Gasteiger charge is -2.24. The first-order valence-corrected chi connectivity index (χ1v) is 12.2. The van der Waals surface area contributed by atoms with Gasteiger partial charge in [0.25, 0.3) is 0 Å². The Morgan fingerprint density at radius 3 is 2.45 bits per heavy atom. The van der Waals surface area contributed by atoms with Crippen LogP contribution >= 0.6 is 0 Å². The van der Waals surface area contributed by atoms with Crippen LogP contribution in [0.1, 0.15) is 50.9 Å². The predicted octanol–water partition coefficient (Wildman–Crippen LogP) is 4.17. The molecule has 208 valence electrons. The number of para-hydroxylation sites is 1. The molecule has 3 rings (SSSR count). The van der Waals surface area contributed by atoms with Crippen LogP contribution in [0.4, 0.5) is 18.0 Å². The number of nitrogens with zero attached hydrogens (tertiary/aromatic N) is 2. The van der Waals surface area contributed by atoms with E-state index < -0.39 is 54.0 Å². The Hall–Kier alpha value is -3.57. The van der Waals surface area contributed by atoms with E-state index in [0.29, 0.717) is 23.1 Å². The van der Waals surface area contributed by atoms with Crippen LogP contribution in [-0.2, 0) is 31.7 Å². The van der Waals surface area contributed by atoms with Crippen molar-refractivity contribution < 1.29 is 41.8 Å². The van der Waals surface area contributed by atoms with Crippen LogP contribution in [0, 0.1) is 6.92 Å². The number of ether oxygens (including phenoxy) is 3. The molecule has 0 bridgehead atoms. The SMILES string of the molecule is CCc1c(OC2CC(C(=O)OC)N(C(=O)CNC(=O)OC(C)(C)C)C2)c(C)nc2c(C(F)(F)F)cccc12. The van der Waals surface area contributed by atoms with E-state index in [1.807, 2.05) is 0 Å². The number of alkyl carbamates (subject to hydrolysis) is 1. The first kappa shape index (κ1) is 29.0. The van der Waals surface area contributed by atoms with Gasteiger partial charge >= 0.3 is 18.2 Å². The maximum absolute atomic E-state index is 13.6. The quantitative estimate of drug-likeness (QED) is 0.549. The molecule has 0 saturated carbocycles. The second-order valence-corrected chi connectivity index (χ2v) is 9.97. The third-order valence-corrected chi connectivity index (χ3v) is 6.03. The van der Waals surface area contributed by atoms with Crippen LogP contribution in [0.5, 0.6) is 5.75 Å². The summed E-state index contributed by atoms with van der Waals surface area (Å²) in [6.07, 6.45) is -5.56. The second-order valence-electron chi connectivity index (χ2n) is 9.97. The number of amides is 2. The number of methoxy groups -OCH3 is 1. The van der Waals surface area contributed by atoms with Gasteiger partial charge < -0.3 is 24.4 Å². The smallest absolute Gasteiger partial charge is 0.418 e. The highest BCUT2D eigenvalue weighted by atomic mass is 19.4. The molecule has 12 heteroatoms. The third kappa shape index (κ3) is 6.46. The van der Waals surface area contributed by atoms with E-state index in [1.165, 1.54) is 18.1 Å². The highest BCUT2D eigenvalue weighted by Gasteiger charge is 2.42. The molecule has 2 aromatic rings. The minimum atomic E-state index is -4.57. The molecule has 9 nitrogen and oxygen atoms in total. The third-order valence-electron chi connectivity index (χ3n) is 6.03. The molecule has 1 fully saturated rings. The summed E-state index contributed by atoms with van der Waals surface area (Å²) in [5.74, 6) is -0.883. The van der Waals surface area contributed by atoms with E-state index in [1.54, 1.807) is 40.7 Å². The van der Waals surface area contributed by atoms with Crippen LogP contribution < -0.4 is 10.1 Å². The minimum Gasteiger partial charge on any atom is -0.486 e. The zero-order valence-electron chi connectivity index (χ0n) is 22.2. The first-order chi connectivity index (χ1) is 17.7. The summed E-state index contributed by atoms with van der Waals surface area (Å²) in [7, 11) is 1.20. The maximum Gasteiger partial charge on any atom is 0.418 e. The molecule has 0 aliphatic carbocycles. The zero-order valence-corrected chi connectivity index (χ0v) is 22.2. The van der Waals surface area contributed by atoms with Gasteiger partial charge in [0.2, 0.25) is 5.91 Å². The summed E-state index contributed by atoms with van der Waals surface area (Å²) in [6, 6.07) is 2.91. The fourth-order valence-corrected chi connectivity index (χ4v) is 4.45. The van der Waals surface area contributed by atoms with Crippen molar-refractivity contribution in [1.29, 1.82) is 0 Å². The Bertz CT molecular complexity index is 1230. The monoisotopic (exact) mass is 539 g/mol. The molecule has 2 heterocycles. The van der Waals surface area contributed by atoms with Gasteiger partial charge in [0, 0.05) is 17.4 Å². The van der Waals surface area contributed by atoms with Crippen molar-refractivity contribution in [2.75, 3.05) is 20.2 Å². The number of pyridine rings is 1. The summed E-state index contributed by atoms with van der Waals surface area (Å²) in [5, 5.41) is 2.69. The second kappa shape index (κ2) is 11.0. The molecule has 1 N–H and O–H groups in total. The lowest BCUT2D eigenvalue weighted by Crippen LogP contribution is -2.46. The summed E-state index contributed by atoms with van der Waals surface area (Å²) >= 11 is 0. The molecule has 2 atom stereocenters. The standard InChI is InChI=1S/C26H32F3N3O6/c1-7-16-17-9-8-10-18(26(27,28)29)21(17)31-14(2)22(16)37-15-11-19(23(34)36-6)32(13-15)20(33)12-30-24(35)38-25(3,4)5/h8-10,15,19H,7,11-13H2,1-6H3,(H,30,35). The molecule has 0 radical (unpaired) electrons. The van der Waals surface area contributed by atoms with Gasteiger partial charge in [0.15, 0.2) is 0 Å². The number of fused-ring (bicyclic) bond motifs is 1. The van der Waals surface area contributed by atoms with E-state index in [9.17, 15) is 27.6 Å². The molecule has 38 heavy (non-hydrogen) atoms. The number of likely N-dealkylation sites (tertiary alicyclic amines) is 1. The maximum atomic E-state index is 13.6. The topological polar surface area (TPSA) is 107 Å². The average Bonchev–Trinajstić information content (AvgIpc) is 3.24. The molecule has 2 unspecified atom stereocenters. The number of aryl methyl sites for hydroxylation is 2. The first-order valence-electron chi connectivity index (χ1n) is 12.2. The van der Waals surface area contributed by atoms with Crippen LogP contribution in [0.25, 0.3) is 10.9 Å². The van der Waals surface area contributed by atoms with Crippen molar-refractivity contribution in [2.45, 2.75) is 71.4 Å². The number of alkyl halides is 3. The lowest BCUT2D eigenvalue weighted by molar-refractivity contribution is -0.150. The van der Waals surface area contributed by atoms with Crippen molar-refractivity contribution in [3.8, 4) is 5.75 Å². The van der Waals surface area contributed by atoms with Crippen LogP contribution in [0.15, 0.2) is 18.2 Å². The average molecular weight is 540 g/mol. The van der Waals surface area contributed by atoms with Crippen LogP contribution in [-0.4, -0.2) is 65.8 Å². The normalized spacial score (nSPS) is 17.9. The van der Waals surface area contributed by atoms with Gasteiger partial charge in [-0.1, -0.05) is 19.1 Å². The summed E-state index contributed by atoms with van der Waals surface area (Å²) in [5.41, 5.74) is -0.940. The van der Waals surface area contributed by atoms with Gasteiger partial charge in [-0.05, 0) is 40.2 Å². The highest BCUT2D eigenvalue weighted by Crippen LogP contribution is 2.39. The van der Waals surface area contributed by atoms with Gasteiger partial charge in [-0.2, -0.15) is 13.2 Å². The largest absolute Gasteiger partial charge is 0.486 e. The number of nitrogens with one attached hydrogen (secondary N) is 1. The summed E-state index contributed by atoms with van der Waals surface area (Å²) in [6.45, 7) is 7.99. The van der Waals surface area contributed by atoms with Crippen molar-refractivity contribution in [3.05, 3.63) is 35.0 Å². The van der Waals surface area contributed by atoms with Crippen molar-refractivity contribution in [3.63, 3.8) is 0 Å². The number of rotatable bonds is 6. The predicted molar refractivity (Wildman–Crippen MR) is 132 cm³/mol. The number of benzene rings is 1. The highest BCUT2D eigenvalue weighted by molar-refractivity contribution is 5.89. The number of esters is 1. The fraction of sp³-hybridized carbons (Fsp3) is 0.538. The number of aromatic nitrogens is 1. The van der Waals surface area contributed by atoms with Crippen molar-refractivity contribution >= 4 is 28.9 Å². The van der Waals surface area contributed by atoms with Crippen LogP contribution in [0.2, 0.25) is 0 Å². The number of carbonyl (C=O) groups excluding carboxylic acids is 3. The van der Waals surface area contributed by atoms with Gasteiger partial charge in [-0.3, -0.25) is 4.79 Å². The summed E-state index contributed by atoms with van der Waals surface area (Å²) < 4.78 is 57.0. The molecular formula is C26H32F3N3O6. The lowest BCUT2D eigenvalue weighted by atomic mass is 10.0. The summed E-state index contributed by atoms with van der Waals surface area (Å²) in [4.78, 5) is 42.8. The Labute approximate surface area is 218 Å². The molecule has 1 aliphatic rings. The molecule has 0 spiro atoms. The molecule has 1 aliphatic heterocycles. The molecule has 1 aromatic carbocycles. The number of hydrogen-bond acceptors (Lipinski definition) is 7. The number of carbonyl (C=O) groups is 3. The molecule has 1 aromatic heterocycles. The minimum absolute atomic E-state index is 0.00216. The fourth-order valence-electron chi connectivity index (χ4n) is 4.45. The molecule has 2 amide bonds. The van der Waals surface area contributed by atoms with Crippen molar-refractivity contribution in [1.82, 2.24) is 15.2 Å². The van der Waals surface area contributed by atoms with Gasteiger partial charge in [0.1, 0.15) is 30.0 Å². The molecular weight excluding hydrogens is 507 g/mol. The Morgan fingerprint density at radius 2 is 1.87 bits per heavy atom. The Balaban J connectivity index is 1.86. The number of hydrogen-bond donors (Lipinski definition) is 1. The van der Waals surface area contributed by atoms with Gasteiger partial charge in [0.05, 0.1) is 30.4 Å². The van der Waals surface area contributed by atoms with E-state index >= 15 is 0 Å². The van der Waals surface area contributed by atoms with Crippen LogP contribution in [0.3, 0.4) is 0 Å². The van der Waals surface area contributed by atoms with E-state index in [4.69, 9.17) is 14.2 Å². The van der Waals surface area contributed by atoms with Crippen molar-refractivity contribution in [2.24, 2.45) is 0 Å². The number of halogens is 3. The Kier molecular flexibility index (Phi) is 8.42. The van der Waals surface area contributed by atoms with Gasteiger partial charge in [-0.15, -0.1) is 0 Å². The molecule has 1 saturated heterocycles.